The molecule has 0 fully saturated rings. The molecule has 0 saturated heterocycles. The van der Waals surface area contributed by atoms with E-state index in [4.69, 9.17) is 12.2 Å². The van der Waals surface area contributed by atoms with Gasteiger partial charge in [0.2, 0.25) is 0 Å². The molecule has 2 N–H and O–H groups in total. The average Bonchev–Trinajstić information content (AvgIpc) is 2.49. The van der Waals surface area contributed by atoms with Gasteiger partial charge in [-0.25, -0.2) is 0 Å². The van der Waals surface area contributed by atoms with E-state index in [1.807, 2.05) is 55.5 Å². The molecule has 0 unspecified atom stereocenters. The Bertz CT molecular complexity index is 611. The van der Waals surface area contributed by atoms with Crippen molar-refractivity contribution in [1.82, 2.24) is 10.4 Å². The number of hydrogen-bond acceptors (Lipinski definition) is 3. The number of nitrogens with one attached hydrogen (secondary N) is 2. The van der Waals surface area contributed by atoms with Gasteiger partial charge < -0.3 is 5.32 Å². The fourth-order valence-electron chi connectivity index (χ4n) is 1.47. The molecular formula is C14H14Cl2CuN4S. The number of hydrazone groups is 1. The fourth-order valence-corrected chi connectivity index (χ4v) is 1.64. The van der Waals surface area contributed by atoms with Gasteiger partial charge in [0.05, 0.1) is 11.9 Å². The summed E-state index contributed by atoms with van der Waals surface area (Å²) in [5, 5.41) is 7.50. The first-order chi connectivity index (χ1) is 10.7. The number of pyridine rings is 1. The van der Waals surface area contributed by atoms with Crippen LogP contribution in [0.3, 0.4) is 0 Å². The zero-order valence-electron chi connectivity index (χ0n) is 11.6. The van der Waals surface area contributed by atoms with E-state index in [2.05, 4.69) is 41.0 Å². The molecule has 0 saturated carbocycles. The third kappa shape index (κ3) is 8.32. The average molecular weight is 405 g/mol. The summed E-state index contributed by atoms with van der Waals surface area (Å²) in [4.78, 5) is 4.30. The molecule has 0 aliphatic carbocycles. The zero-order chi connectivity index (χ0) is 16.2. The van der Waals surface area contributed by atoms with Crippen molar-refractivity contribution in [3.8, 4) is 0 Å². The first-order valence-corrected chi connectivity index (χ1v) is 9.05. The number of thiocarbonyl (C=S) groups is 1. The van der Waals surface area contributed by atoms with Gasteiger partial charge in [-0.3, -0.25) is 10.4 Å². The van der Waals surface area contributed by atoms with E-state index >= 15 is 0 Å². The van der Waals surface area contributed by atoms with E-state index in [0.717, 1.165) is 30.2 Å². The van der Waals surface area contributed by atoms with Crippen molar-refractivity contribution in [3.63, 3.8) is 0 Å². The Kier molecular flexibility index (Phi) is 9.79. The van der Waals surface area contributed by atoms with Crippen molar-refractivity contribution < 1.29 is 13.1 Å². The van der Waals surface area contributed by atoms with Crippen LogP contribution in [-0.2, 0) is 13.1 Å². The molecule has 0 bridgehead atoms. The number of aryl methyl sites for hydroxylation is 1. The number of aromatic nitrogens is 1. The maximum atomic E-state index is 5.12. The second-order valence-electron chi connectivity index (χ2n) is 3.94. The standard InChI is InChI=1S/C14H14N4S.2ClH.Cu/c1-11-6-5-9-13(16-11)10-15-18-14(19)17-12-7-3-2-4-8-12;;;/h2-10H,1H3,(H2,17,18,19);2*1H;/q;;;+2/p-2. The summed E-state index contributed by atoms with van der Waals surface area (Å²) in [5.41, 5.74) is 5.41. The van der Waals surface area contributed by atoms with E-state index in [-0.39, 0.29) is 0 Å². The van der Waals surface area contributed by atoms with Crippen LogP contribution in [0.4, 0.5) is 5.69 Å². The first kappa shape index (κ1) is 18.9. The SMILES string of the molecule is Cc1cccc(C=NNC(=S)Nc2ccccc2)n1.[Cl][Cu][Cl]. The quantitative estimate of drug-likeness (QED) is 0.350. The van der Waals surface area contributed by atoms with Crippen molar-refractivity contribution in [1.29, 1.82) is 0 Å². The van der Waals surface area contributed by atoms with Crippen molar-refractivity contribution in [2.24, 2.45) is 5.10 Å². The number of anilines is 1. The molecule has 4 nitrogen and oxygen atoms in total. The van der Waals surface area contributed by atoms with Crippen molar-refractivity contribution in [3.05, 3.63) is 59.9 Å². The van der Waals surface area contributed by atoms with E-state index in [0.29, 0.717) is 5.11 Å². The summed E-state index contributed by atoms with van der Waals surface area (Å²) in [5.74, 6) is 0. The van der Waals surface area contributed by atoms with E-state index in [9.17, 15) is 0 Å². The summed E-state index contributed by atoms with van der Waals surface area (Å²) in [7, 11) is 9.34. The minimum atomic E-state index is 0.440. The molecule has 1 heterocycles. The molecule has 1 aromatic carbocycles. The molecule has 0 radical (unpaired) electrons. The van der Waals surface area contributed by atoms with Gasteiger partial charge in [-0.05, 0) is 43.4 Å². The number of hydrogen-bond donors (Lipinski definition) is 2. The molecule has 121 valence electrons. The summed E-state index contributed by atoms with van der Waals surface area (Å²) < 4.78 is 0. The van der Waals surface area contributed by atoms with Gasteiger partial charge in [0.25, 0.3) is 0 Å². The number of benzene rings is 1. The summed E-state index contributed by atoms with van der Waals surface area (Å²) in [6.07, 6.45) is 1.63. The molecule has 0 aliphatic heterocycles. The Hall–Kier alpha value is -1.17. The summed E-state index contributed by atoms with van der Waals surface area (Å²) >= 11 is 5.88. The predicted octanol–water partition coefficient (Wildman–Crippen LogP) is 4.09. The van der Waals surface area contributed by atoms with Gasteiger partial charge in [0.15, 0.2) is 5.11 Å². The normalized spacial score (nSPS) is 9.95. The van der Waals surface area contributed by atoms with Crippen LogP contribution in [0.15, 0.2) is 53.6 Å². The molecule has 0 atom stereocenters. The minimum absolute atomic E-state index is 0.440. The van der Waals surface area contributed by atoms with Gasteiger partial charge in [0.1, 0.15) is 0 Å². The van der Waals surface area contributed by atoms with Crippen LogP contribution >= 0.6 is 32.4 Å². The monoisotopic (exact) mass is 403 g/mol. The van der Waals surface area contributed by atoms with Crippen LogP contribution in [0.5, 0.6) is 0 Å². The molecular weight excluding hydrogens is 391 g/mol. The zero-order valence-corrected chi connectivity index (χ0v) is 14.8. The third-order valence-electron chi connectivity index (χ3n) is 2.30. The second-order valence-corrected chi connectivity index (χ2v) is 5.90. The predicted molar refractivity (Wildman–Crippen MR) is 94.1 cm³/mol. The summed E-state index contributed by atoms with van der Waals surface area (Å²) in [6, 6.07) is 15.4. The topological polar surface area (TPSA) is 49.3 Å². The molecule has 0 amide bonds. The van der Waals surface area contributed by atoms with Gasteiger partial charge in [-0.1, -0.05) is 24.3 Å². The van der Waals surface area contributed by atoms with Gasteiger partial charge in [-0.15, -0.1) is 0 Å². The first-order valence-electron chi connectivity index (χ1n) is 6.05. The van der Waals surface area contributed by atoms with Crippen LogP contribution in [0.25, 0.3) is 0 Å². The van der Waals surface area contributed by atoms with Gasteiger partial charge >= 0.3 is 33.3 Å². The Morgan fingerprint density at radius 1 is 1.18 bits per heavy atom. The van der Waals surface area contributed by atoms with Gasteiger partial charge in [0, 0.05) is 11.4 Å². The van der Waals surface area contributed by atoms with Crippen LogP contribution in [0.2, 0.25) is 0 Å². The van der Waals surface area contributed by atoms with Crippen molar-refractivity contribution in [2.75, 3.05) is 5.32 Å². The molecule has 2 rings (SSSR count). The number of rotatable bonds is 3. The van der Waals surface area contributed by atoms with Crippen molar-refractivity contribution >= 4 is 49.4 Å². The van der Waals surface area contributed by atoms with E-state index < -0.39 is 0 Å². The van der Waals surface area contributed by atoms with E-state index in [1.165, 1.54) is 0 Å². The van der Waals surface area contributed by atoms with Crippen molar-refractivity contribution in [2.45, 2.75) is 6.92 Å². The van der Waals surface area contributed by atoms with Crippen LogP contribution in [0.1, 0.15) is 11.4 Å². The number of halogens is 2. The fraction of sp³-hybridized carbons (Fsp3) is 0.0714. The molecule has 2 aromatic rings. The van der Waals surface area contributed by atoms with Gasteiger partial charge in [-0.2, -0.15) is 5.10 Å². The molecule has 0 aliphatic rings. The second kappa shape index (κ2) is 11.4. The Morgan fingerprint density at radius 3 is 2.50 bits per heavy atom. The number of para-hydroxylation sites is 1. The molecule has 0 spiro atoms. The Labute approximate surface area is 149 Å². The van der Waals surface area contributed by atoms with Crippen LogP contribution < -0.4 is 10.7 Å². The van der Waals surface area contributed by atoms with Crippen LogP contribution in [-0.4, -0.2) is 16.3 Å². The van der Waals surface area contributed by atoms with Crippen LogP contribution in [0, 0.1) is 6.92 Å². The third-order valence-corrected chi connectivity index (χ3v) is 2.50. The Morgan fingerprint density at radius 2 is 1.86 bits per heavy atom. The maximum absolute atomic E-state index is 5.12. The molecule has 8 heteroatoms. The number of nitrogens with zero attached hydrogens (tertiary/aromatic N) is 2. The Balaban J connectivity index is 0.000000745. The van der Waals surface area contributed by atoms with E-state index in [1.54, 1.807) is 6.21 Å². The molecule has 1 aromatic heterocycles. The summed E-state index contributed by atoms with van der Waals surface area (Å²) in [6.45, 7) is 1.94. The molecule has 22 heavy (non-hydrogen) atoms.